The van der Waals surface area contributed by atoms with Crippen molar-refractivity contribution in [3.8, 4) is 0 Å². The van der Waals surface area contributed by atoms with Gasteiger partial charge in [-0.15, -0.1) is 0 Å². The molecule has 0 fully saturated rings. The summed E-state index contributed by atoms with van der Waals surface area (Å²) >= 11 is 5.57. The molecule has 0 aliphatic rings. The van der Waals surface area contributed by atoms with Crippen molar-refractivity contribution in [2.45, 2.75) is 0 Å². The van der Waals surface area contributed by atoms with Gasteiger partial charge in [0.1, 0.15) is 0 Å². The Labute approximate surface area is 125 Å². The van der Waals surface area contributed by atoms with Crippen LogP contribution in [0.1, 0.15) is 0 Å². The topological polar surface area (TPSA) is 34.1 Å². The van der Waals surface area contributed by atoms with E-state index >= 15 is 0 Å². The monoisotopic (exact) mass is 331 g/mol. The summed E-state index contributed by atoms with van der Waals surface area (Å²) in [5.41, 5.74) is 0. The van der Waals surface area contributed by atoms with E-state index in [2.05, 4.69) is 6.55 Å². The third-order valence-electron chi connectivity index (χ3n) is 1.71. The molecular weight excluding hydrogens is 320 g/mol. The summed E-state index contributed by atoms with van der Waals surface area (Å²) in [4.78, 5) is 20.7. The van der Waals surface area contributed by atoms with Gasteiger partial charge in [0.2, 0.25) is 0 Å². The summed E-state index contributed by atoms with van der Waals surface area (Å²) in [5.74, 6) is 0. The Hall–Kier alpha value is -1.24. The van der Waals surface area contributed by atoms with Gasteiger partial charge < -0.3 is 6.55 Å². The van der Waals surface area contributed by atoms with Crippen molar-refractivity contribution in [2.75, 3.05) is 0 Å². The molecule has 0 aliphatic heterocycles. The van der Waals surface area contributed by atoms with Gasteiger partial charge >= 0.3 is 33.2 Å². The van der Waals surface area contributed by atoms with E-state index in [1.807, 2.05) is 60.7 Å². The fraction of sp³-hybridized carbons (Fsp3) is 0. The van der Waals surface area contributed by atoms with Gasteiger partial charge in [0.15, 0.2) is 0 Å². The molecule has 0 unspecified atom stereocenters. The second kappa shape index (κ2) is 13.2. The van der Waals surface area contributed by atoms with Crippen LogP contribution >= 0.6 is 11.1 Å². The Morgan fingerprint density at radius 1 is 1.05 bits per heavy atom. The maximum atomic E-state index is 9.02. The summed E-state index contributed by atoms with van der Waals surface area (Å²) in [7, 11) is -0.990. The maximum absolute atomic E-state index is 9.02. The van der Waals surface area contributed by atoms with E-state index < -0.39 is 8.11 Å². The van der Waals surface area contributed by atoms with E-state index in [-0.39, 0.29) is 14.1 Å². The average molecular weight is 332 g/mol. The average Bonchev–Trinajstić information content (AvgIpc) is 3.00. The van der Waals surface area contributed by atoms with E-state index in [0.717, 1.165) is 0 Å². The van der Waals surface area contributed by atoms with Crippen LogP contribution in [0, 0.1) is 6.55 Å². The van der Waals surface area contributed by atoms with Crippen molar-refractivity contribution in [2.24, 2.45) is 0 Å². The molecule has 0 aliphatic carbocycles. The van der Waals surface area contributed by atoms with E-state index in [1.54, 1.807) is 0 Å². The first kappa shape index (κ1) is 17.8. The number of hydrogen-bond donors (Lipinski definition) is 0. The first-order chi connectivity index (χ1) is 9.22. The van der Waals surface area contributed by atoms with Gasteiger partial charge in [-0.25, -0.2) is 23.2 Å². The molecule has 101 valence electrons. The Balaban J connectivity index is 0.000000278. The standard InChI is InChI=1S/C7H7ClSi.C5H5.2CO.Fe/c1-9(8)7-5-3-2-4-6-7;1-2-4-5-3-1;2*1-2;/h2-6H,1H2;1-5H;;;/q2*-1;;;. The fourth-order valence-corrected chi connectivity index (χ4v) is 1.93. The minimum Gasteiger partial charge on any atom is -0.326 e. The molecule has 0 bridgehead atoms. The zero-order valence-electron chi connectivity index (χ0n) is 10.0. The largest absolute Gasteiger partial charge is 0.326 e. The minimum absolute atomic E-state index is 0.222. The van der Waals surface area contributed by atoms with Crippen LogP contribution in [0.3, 0.4) is 0 Å². The van der Waals surface area contributed by atoms with Crippen LogP contribution in [0.4, 0.5) is 0 Å². The van der Waals surface area contributed by atoms with Crippen molar-refractivity contribution in [3.05, 3.63) is 67.2 Å². The van der Waals surface area contributed by atoms with Crippen molar-refractivity contribution in [1.82, 2.24) is 0 Å². The van der Waals surface area contributed by atoms with Crippen LogP contribution in [0.5, 0.6) is 0 Å². The predicted octanol–water partition coefficient (Wildman–Crippen LogP) is 2.11. The number of halogens is 1. The molecule has 19 heavy (non-hydrogen) atoms. The molecule has 0 spiro atoms. The van der Waals surface area contributed by atoms with E-state index in [4.69, 9.17) is 20.7 Å². The number of hydrogen-bond acceptors (Lipinski definition) is 2. The second-order valence-electron chi connectivity index (χ2n) is 2.97. The summed E-state index contributed by atoms with van der Waals surface area (Å²) in [5, 5.41) is 1.17. The van der Waals surface area contributed by atoms with Crippen LogP contribution in [0.25, 0.3) is 0 Å². The summed E-state index contributed by atoms with van der Waals surface area (Å²) < 4.78 is 0. The quantitative estimate of drug-likeness (QED) is 0.456. The molecular formula is C14H12ClFeO2Si-2. The molecule has 2 aromatic rings. The van der Waals surface area contributed by atoms with Gasteiger partial charge in [-0.2, -0.15) is 18.2 Å². The van der Waals surface area contributed by atoms with E-state index in [1.165, 1.54) is 14.8 Å². The van der Waals surface area contributed by atoms with Crippen molar-refractivity contribution >= 4 is 33.9 Å². The van der Waals surface area contributed by atoms with E-state index in [0.29, 0.717) is 0 Å². The van der Waals surface area contributed by atoms with Crippen molar-refractivity contribution in [3.63, 3.8) is 0 Å². The molecule has 2 nitrogen and oxygen atoms in total. The molecule has 0 aromatic heterocycles. The molecule has 0 N–H and O–H groups in total. The Bertz CT molecular complexity index is 495. The van der Waals surface area contributed by atoms with E-state index in [9.17, 15) is 0 Å². The molecule has 1 radical (unpaired) electrons. The molecule has 0 saturated heterocycles. The molecule has 5 heteroatoms. The Morgan fingerprint density at radius 2 is 1.58 bits per heavy atom. The number of carbonyl (C=O) groups excluding carboxylic acids is 2. The van der Waals surface area contributed by atoms with Gasteiger partial charge in [-0.3, -0.25) is 0 Å². The number of benzene rings is 1. The Morgan fingerprint density at radius 3 is 1.79 bits per heavy atom. The summed E-state index contributed by atoms with van der Waals surface area (Å²) in [6, 6.07) is 20.0. The molecule has 0 atom stereocenters. The fourth-order valence-electron chi connectivity index (χ4n) is 0.954. The Kier molecular flexibility index (Phi) is 12.3. The first-order valence-electron chi connectivity index (χ1n) is 5.13. The molecule has 2 rings (SSSR count). The SMILES string of the molecule is O=[C]=[Fe]=[C]=O.[CH2-][Si](Cl)c1ccccc1.c1cc[cH-]c1. The molecule has 0 heterocycles. The maximum Gasteiger partial charge on any atom is 0.0299 e. The van der Waals surface area contributed by atoms with Gasteiger partial charge in [-0.05, 0) is 0 Å². The zero-order chi connectivity index (χ0) is 14.3. The summed E-state index contributed by atoms with van der Waals surface area (Å²) in [6.07, 6.45) is 0. The van der Waals surface area contributed by atoms with Crippen molar-refractivity contribution < 1.29 is 23.7 Å². The smallest absolute Gasteiger partial charge is 0.0299 e. The van der Waals surface area contributed by atoms with Crippen LogP contribution in [-0.2, 0) is 23.7 Å². The molecule has 0 saturated carbocycles. The third kappa shape index (κ3) is 11.6. The molecule has 0 amide bonds. The number of rotatable bonds is 1. The zero-order valence-corrected chi connectivity index (χ0v) is 12.9. The van der Waals surface area contributed by atoms with Crippen LogP contribution in [0.15, 0.2) is 60.7 Å². The van der Waals surface area contributed by atoms with Gasteiger partial charge in [-0.1, -0.05) is 35.5 Å². The van der Waals surface area contributed by atoms with Gasteiger partial charge in [0, 0.05) is 8.11 Å². The predicted molar refractivity (Wildman–Crippen MR) is 76.5 cm³/mol. The minimum atomic E-state index is -0.990. The third-order valence-corrected chi connectivity index (χ3v) is 3.55. The summed E-state index contributed by atoms with van der Waals surface area (Å²) in [6.45, 7) is 3.78. The van der Waals surface area contributed by atoms with Gasteiger partial charge in [0.05, 0.1) is 0 Å². The van der Waals surface area contributed by atoms with Crippen LogP contribution in [-0.4, -0.2) is 17.7 Å². The second-order valence-corrected chi connectivity index (χ2v) is 6.45. The van der Waals surface area contributed by atoms with Crippen molar-refractivity contribution in [1.29, 1.82) is 0 Å². The van der Waals surface area contributed by atoms with Crippen LogP contribution < -0.4 is 5.19 Å². The first-order valence-corrected chi connectivity index (χ1v) is 8.95. The van der Waals surface area contributed by atoms with Crippen LogP contribution in [0.2, 0.25) is 0 Å². The molecule has 2 aromatic carbocycles. The van der Waals surface area contributed by atoms with Gasteiger partial charge in [0.25, 0.3) is 0 Å². The normalized spacial score (nSPS) is 8.16.